The van der Waals surface area contributed by atoms with Crippen molar-refractivity contribution in [3.63, 3.8) is 0 Å². The maximum Gasteiger partial charge on any atom is 0.289 e. The van der Waals surface area contributed by atoms with E-state index in [1.165, 1.54) is 12.1 Å². The molecule has 1 saturated carbocycles. The number of nitrogens with zero attached hydrogens (tertiary/aromatic N) is 1. The molecule has 1 N–H and O–H groups in total. The van der Waals surface area contributed by atoms with Crippen molar-refractivity contribution in [2.45, 2.75) is 23.8 Å². The van der Waals surface area contributed by atoms with Crippen molar-refractivity contribution in [1.82, 2.24) is 4.72 Å². The molecule has 0 bridgehead atoms. The fraction of sp³-hybridized carbons (Fsp3) is 0.250. The minimum Gasteiger partial charge on any atom is -0.258 e. The highest BCUT2D eigenvalue weighted by Crippen LogP contribution is 2.41. The molecule has 24 heavy (non-hydrogen) atoms. The van der Waals surface area contributed by atoms with Gasteiger partial charge in [-0.25, -0.2) is 13.1 Å². The maximum atomic E-state index is 12.7. The second-order valence-electron chi connectivity index (χ2n) is 5.72. The Kier molecular flexibility index (Phi) is 4.58. The molecule has 0 radical (unpaired) electrons. The maximum absolute atomic E-state index is 12.7. The van der Waals surface area contributed by atoms with Crippen LogP contribution in [0.5, 0.6) is 0 Å². The van der Waals surface area contributed by atoms with E-state index < -0.39 is 20.6 Å². The van der Waals surface area contributed by atoms with Crippen LogP contribution in [0, 0.1) is 16.0 Å². The summed E-state index contributed by atoms with van der Waals surface area (Å²) < 4.78 is 28.0. The minimum atomic E-state index is -3.90. The molecule has 0 heterocycles. The third-order valence-electron chi connectivity index (χ3n) is 3.96. The van der Waals surface area contributed by atoms with Crippen LogP contribution in [0.15, 0.2) is 53.4 Å². The Morgan fingerprint density at radius 3 is 2.42 bits per heavy atom. The molecule has 0 unspecified atom stereocenters. The first-order valence-electron chi connectivity index (χ1n) is 7.40. The lowest BCUT2D eigenvalue weighted by atomic mass is 10.0. The van der Waals surface area contributed by atoms with Crippen LogP contribution in [0.2, 0.25) is 5.02 Å². The first kappa shape index (κ1) is 16.9. The van der Waals surface area contributed by atoms with E-state index in [2.05, 4.69) is 4.72 Å². The lowest BCUT2D eigenvalue weighted by Gasteiger charge is -2.19. The molecule has 2 aromatic carbocycles. The molecule has 3 rings (SSSR count). The monoisotopic (exact) mass is 366 g/mol. The van der Waals surface area contributed by atoms with Crippen LogP contribution in [0.25, 0.3) is 0 Å². The van der Waals surface area contributed by atoms with Gasteiger partial charge in [0.15, 0.2) is 0 Å². The lowest BCUT2D eigenvalue weighted by Crippen LogP contribution is -2.30. The number of benzene rings is 2. The first-order valence-corrected chi connectivity index (χ1v) is 9.26. The second kappa shape index (κ2) is 6.51. The second-order valence-corrected chi connectivity index (χ2v) is 7.84. The summed E-state index contributed by atoms with van der Waals surface area (Å²) in [7, 11) is -3.90. The Hall–Kier alpha value is -1.96. The van der Waals surface area contributed by atoms with Gasteiger partial charge in [-0.3, -0.25) is 10.1 Å². The van der Waals surface area contributed by atoms with Gasteiger partial charge < -0.3 is 0 Å². The van der Waals surface area contributed by atoms with Gasteiger partial charge in [0.1, 0.15) is 5.02 Å². The molecule has 1 aliphatic carbocycles. The zero-order chi connectivity index (χ0) is 17.3. The number of nitro groups is 1. The zero-order valence-corrected chi connectivity index (χ0v) is 14.1. The molecule has 0 saturated heterocycles. The number of hydrogen-bond acceptors (Lipinski definition) is 4. The standard InChI is InChI=1S/C16H15ClN2O4S/c17-14-9-8-13(10-15(14)19(20)21)24(22,23)18-16(12-6-7-12)11-4-2-1-3-5-11/h1-5,8-10,12,16,18H,6-7H2/t16-/m0/s1. The average molecular weight is 367 g/mol. The van der Waals surface area contributed by atoms with E-state index in [-0.39, 0.29) is 21.9 Å². The van der Waals surface area contributed by atoms with Gasteiger partial charge in [-0.1, -0.05) is 41.9 Å². The van der Waals surface area contributed by atoms with Gasteiger partial charge in [0.2, 0.25) is 10.0 Å². The van der Waals surface area contributed by atoms with Crippen molar-refractivity contribution in [1.29, 1.82) is 0 Å². The van der Waals surface area contributed by atoms with Gasteiger partial charge in [-0.05, 0) is 36.5 Å². The summed E-state index contributed by atoms with van der Waals surface area (Å²) >= 11 is 5.75. The van der Waals surface area contributed by atoms with Crippen molar-refractivity contribution in [3.8, 4) is 0 Å². The van der Waals surface area contributed by atoms with Crippen molar-refractivity contribution in [3.05, 3.63) is 69.2 Å². The van der Waals surface area contributed by atoms with E-state index in [0.717, 1.165) is 24.5 Å². The largest absolute Gasteiger partial charge is 0.289 e. The van der Waals surface area contributed by atoms with Crippen LogP contribution >= 0.6 is 11.6 Å². The third kappa shape index (κ3) is 3.58. The van der Waals surface area contributed by atoms with Gasteiger partial charge in [-0.15, -0.1) is 0 Å². The lowest BCUT2D eigenvalue weighted by molar-refractivity contribution is -0.384. The highest BCUT2D eigenvalue weighted by Gasteiger charge is 2.35. The molecule has 1 fully saturated rings. The molecule has 0 aromatic heterocycles. The van der Waals surface area contributed by atoms with E-state index in [4.69, 9.17) is 11.6 Å². The SMILES string of the molecule is O=[N+]([O-])c1cc(S(=O)(=O)N[C@@H](c2ccccc2)C2CC2)ccc1Cl. The Balaban J connectivity index is 1.93. The minimum absolute atomic E-state index is 0.0965. The molecular formula is C16H15ClN2O4S. The Morgan fingerprint density at radius 2 is 1.83 bits per heavy atom. The first-order chi connectivity index (χ1) is 11.4. The van der Waals surface area contributed by atoms with Crippen LogP contribution in [0.1, 0.15) is 24.4 Å². The van der Waals surface area contributed by atoms with Crippen LogP contribution in [0.4, 0.5) is 5.69 Å². The average Bonchev–Trinajstić information content (AvgIpc) is 3.38. The normalized spacial score (nSPS) is 15.9. The Morgan fingerprint density at radius 1 is 1.17 bits per heavy atom. The molecular weight excluding hydrogens is 352 g/mol. The summed E-state index contributed by atoms with van der Waals surface area (Å²) in [4.78, 5) is 10.1. The molecule has 0 amide bonds. The van der Waals surface area contributed by atoms with Crippen molar-refractivity contribution in [2.24, 2.45) is 5.92 Å². The Labute approximate surface area is 144 Å². The van der Waals surface area contributed by atoms with Gasteiger partial charge in [-0.2, -0.15) is 0 Å². The number of nitro benzene ring substituents is 1. The molecule has 8 heteroatoms. The third-order valence-corrected chi connectivity index (χ3v) is 5.72. The summed E-state index contributed by atoms with van der Waals surface area (Å²) in [6.07, 6.45) is 1.89. The Bertz CT molecular complexity index is 867. The summed E-state index contributed by atoms with van der Waals surface area (Å²) in [5.41, 5.74) is 0.453. The highest BCUT2D eigenvalue weighted by molar-refractivity contribution is 7.89. The smallest absolute Gasteiger partial charge is 0.258 e. The zero-order valence-electron chi connectivity index (χ0n) is 12.6. The predicted octanol–water partition coefficient (Wildman–Crippen LogP) is 3.68. The van der Waals surface area contributed by atoms with Crippen LogP contribution < -0.4 is 4.72 Å². The number of halogens is 1. The topological polar surface area (TPSA) is 89.3 Å². The van der Waals surface area contributed by atoms with Gasteiger partial charge in [0, 0.05) is 12.1 Å². The van der Waals surface area contributed by atoms with Crippen molar-refractivity contribution >= 4 is 27.3 Å². The molecule has 6 nitrogen and oxygen atoms in total. The molecule has 1 atom stereocenters. The quantitative estimate of drug-likeness (QED) is 0.623. The fourth-order valence-corrected chi connectivity index (χ4v) is 4.06. The number of hydrogen-bond donors (Lipinski definition) is 1. The van der Waals surface area contributed by atoms with Crippen LogP contribution in [-0.4, -0.2) is 13.3 Å². The van der Waals surface area contributed by atoms with Gasteiger partial charge >= 0.3 is 0 Å². The molecule has 126 valence electrons. The summed E-state index contributed by atoms with van der Waals surface area (Å²) in [6.45, 7) is 0. The van der Waals surface area contributed by atoms with Crippen molar-refractivity contribution in [2.75, 3.05) is 0 Å². The van der Waals surface area contributed by atoms with E-state index >= 15 is 0 Å². The molecule has 1 aliphatic rings. The highest BCUT2D eigenvalue weighted by atomic mass is 35.5. The number of nitrogens with one attached hydrogen (secondary N) is 1. The summed E-state index contributed by atoms with van der Waals surface area (Å²) in [6, 6.07) is 12.5. The van der Waals surface area contributed by atoms with Crippen molar-refractivity contribution < 1.29 is 13.3 Å². The van der Waals surface area contributed by atoms with E-state index in [9.17, 15) is 18.5 Å². The van der Waals surface area contributed by atoms with E-state index in [1.807, 2.05) is 30.3 Å². The predicted molar refractivity (Wildman–Crippen MR) is 90.3 cm³/mol. The molecule has 0 aliphatic heterocycles. The molecule has 0 spiro atoms. The van der Waals surface area contributed by atoms with E-state index in [0.29, 0.717) is 0 Å². The number of rotatable bonds is 6. The van der Waals surface area contributed by atoms with Gasteiger partial charge in [0.25, 0.3) is 5.69 Å². The summed E-state index contributed by atoms with van der Waals surface area (Å²) in [5.74, 6) is 0.240. The summed E-state index contributed by atoms with van der Waals surface area (Å²) in [5, 5.41) is 10.9. The van der Waals surface area contributed by atoms with Crippen LogP contribution in [0.3, 0.4) is 0 Å². The van der Waals surface area contributed by atoms with Gasteiger partial charge in [0.05, 0.1) is 9.82 Å². The fourth-order valence-electron chi connectivity index (χ4n) is 2.56. The van der Waals surface area contributed by atoms with E-state index in [1.54, 1.807) is 0 Å². The molecule has 2 aromatic rings. The van der Waals surface area contributed by atoms with Crippen LogP contribution in [-0.2, 0) is 10.0 Å². The number of sulfonamides is 1.